The second kappa shape index (κ2) is 11.9. The number of rotatable bonds is 15. The molecule has 0 aromatic rings. The molecule has 0 aliphatic heterocycles. The second-order valence-electron chi connectivity index (χ2n) is 11.8. The quantitative estimate of drug-likeness (QED) is 0.221. The summed E-state index contributed by atoms with van der Waals surface area (Å²) in [5.74, 6) is 0. The Hall–Kier alpha value is 1.42. The summed E-state index contributed by atoms with van der Waals surface area (Å²) in [6.07, 6.45) is 0. The summed E-state index contributed by atoms with van der Waals surface area (Å²) in [7, 11) is -16.4. The topological polar surface area (TPSA) is 73.8 Å². The van der Waals surface area contributed by atoms with Crippen LogP contribution in [0.2, 0.25) is 105 Å². The highest BCUT2D eigenvalue weighted by atomic mass is 28.5. The highest BCUT2D eigenvalue weighted by Crippen LogP contribution is 2.28. The predicted molar refractivity (Wildman–Crippen MR) is 156 cm³/mol. The molecule has 0 fully saturated rings. The van der Waals surface area contributed by atoms with Crippen molar-refractivity contribution in [1.82, 2.24) is 0 Å². The van der Waals surface area contributed by atoms with Gasteiger partial charge in [-0.25, -0.2) is 0 Å². The molecule has 0 rings (SSSR count). The van der Waals surface area contributed by atoms with Crippen LogP contribution in [-0.4, -0.2) is 76.1 Å². The molecule has 33 heavy (non-hydrogen) atoms. The molecule has 200 valence electrons. The Morgan fingerprint density at radius 2 is 0.576 bits per heavy atom. The number of hydrogen-bond acceptors (Lipinski definition) is 8. The van der Waals surface area contributed by atoms with Crippen molar-refractivity contribution >= 4 is 69.0 Å². The smallest absolute Gasteiger partial charge is 0.322 e. The van der Waals surface area contributed by atoms with Crippen LogP contribution < -0.4 is 0 Å². The van der Waals surface area contributed by atoms with Crippen molar-refractivity contribution in [1.29, 1.82) is 0 Å². The van der Waals surface area contributed by atoms with Crippen molar-refractivity contribution < 1.29 is 33.2 Å². The first kappa shape index (κ1) is 34.4. The fourth-order valence-corrected chi connectivity index (χ4v) is 40.9. The molecule has 0 aromatic heterocycles. The first-order valence-corrected chi connectivity index (χ1v) is 34.2. The molecule has 0 atom stereocenters. The maximum absolute atomic E-state index is 6.61. The lowest BCUT2D eigenvalue weighted by Gasteiger charge is -2.43. The summed E-state index contributed by atoms with van der Waals surface area (Å²) >= 11 is 0. The van der Waals surface area contributed by atoms with Gasteiger partial charge in [0.15, 0.2) is 9.04 Å². The highest BCUT2D eigenvalue weighted by Gasteiger charge is 2.48. The van der Waals surface area contributed by atoms with Crippen LogP contribution in [0, 0.1) is 0 Å². The Bertz CT molecular complexity index is 626. The third kappa shape index (κ3) is 16.0. The molecule has 0 amide bonds. The van der Waals surface area contributed by atoms with Gasteiger partial charge in [0.25, 0.3) is 0 Å². The highest BCUT2D eigenvalue weighted by molar-refractivity contribution is 6.91. The van der Waals surface area contributed by atoms with E-state index in [2.05, 4.69) is 91.7 Å². The Balaban J connectivity index is 5.25. The normalized spacial score (nSPS) is 15.5. The number of hydrogen-bond donors (Lipinski definition) is 0. The summed E-state index contributed by atoms with van der Waals surface area (Å²) in [6, 6.07) is 0. The lowest BCUT2D eigenvalue weighted by atomic mass is 11.8. The third-order valence-corrected chi connectivity index (χ3v) is 32.7. The summed E-state index contributed by atoms with van der Waals surface area (Å²) in [5, 5.41) is 0. The van der Waals surface area contributed by atoms with Gasteiger partial charge in [-0.05, 0) is 105 Å². The second-order valence-corrected chi connectivity index (χ2v) is 39.7. The van der Waals surface area contributed by atoms with Crippen molar-refractivity contribution in [2.24, 2.45) is 0 Å². The molecular formula is C17H52O8Si8. The first-order valence-electron chi connectivity index (χ1n) is 11.7. The van der Waals surface area contributed by atoms with Crippen LogP contribution in [-0.2, 0) is 33.2 Å². The van der Waals surface area contributed by atoms with Gasteiger partial charge in [-0.15, -0.1) is 0 Å². The Labute approximate surface area is 213 Å². The minimum atomic E-state index is -2.55. The van der Waals surface area contributed by atoms with Crippen LogP contribution in [0.3, 0.4) is 0 Å². The van der Waals surface area contributed by atoms with Crippen molar-refractivity contribution in [3.8, 4) is 0 Å². The first-order chi connectivity index (χ1) is 14.2. The van der Waals surface area contributed by atoms with E-state index in [-0.39, 0.29) is 0 Å². The molecule has 0 aromatic carbocycles. The van der Waals surface area contributed by atoms with Gasteiger partial charge in [0.05, 0.1) is 0 Å². The third-order valence-electron chi connectivity index (χ3n) is 3.96. The Morgan fingerprint density at radius 3 is 0.788 bits per heavy atom. The van der Waals surface area contributed by atoms with Gasteiger partial charge in [-0.1, -0.05) is 0 Å². The van der Waals surface area contributed by atoms with E-state index >= 15 is 0 Å². The monoisotopic (exact) mass is 608 g/mol. The molecule has 0 radical (unpaired) electrons. The molecule has 0 aliphatic rings. The van der Waals surface area contributed by atoms with Crippen LogP contribution >= 0.6 is 0 Å². The van der Waals surface area contributed by atoms with Crippen molar-refractivity contribution in [2.45, 2.75) is 105 Å². The zero-order chi connectivity index (χ0) is 26.7. The predicted octanol–water partition coefficient (Wildman–Crippen LogP) is 5.65. The van der Waals surface area contributed by atoms with Gasteiger partial charge < -0.3 is 33.2 Å². The minimum absolute atomic E-state index is 1.18. The van der Waals surface area contributed by atoms with Gasteiger partial charge >= 0.3 is 59.9 Å². The fourth-order valence-electron chi connectivity index (χ4n) is 4.29. The van der Waals surface area contributed by atoms with E-state index in [4.69, 9.17) is 33.2 Å². The van der Waals surface area contributed by atoms with Gasteiger partial charge in [0.2, 0.25) is 0 Å². The van der Waals surface area contributed by atoms with Crippen LogP contribution in [0.4, 0.5) is 0 Å². The van der Waals surface area contributed by atoms with Crippen LogP contribution in [0.5, 0.6) is 0 Å². The van der Waals surface area contributed by atoms with E-state index in [9.17, 15) is 0 Å². The van der Waals surface area contributed by atoms with Crippen molar-refractivity contribution in [3.05, 3.63) is 0 Å². The molecule has 16 heteroatoms. The van der Waals surface area contributed by atoms with E-state index in [1.807, 2.05) is 13.1 Å². The molecular weight excluding hydrogens is 557 g/mol. The lowest BCUT2D eigenvalue weighted by Crippen LogP contribution is -2.61. The summed E-state index contributed by atoms with van der Waals surface area (Å²) in [5.41, 5.74) is 0. The minimum Gasteiger partial charge on any atom is -0.440 e. The van der Waals surface area contributed by atoms with E-state index in [0.717, 1.165) is 0 Å². The summed E-state index contributed by atoms with van der Waals surface area (Å²) < 4.78 is 50.8. The average molecular weight is 609 g/mol. The molecule has 0 saturated carbocycles. The fraction of sp³-hybridized carbons (Fsp3) is 1.00. The molecule has 0 bridgehead atoms. The molecule has 0 saturated heterocycles. The Kier molecular flexibility index (Phi) is 12.4. The van der Waals surface area contributed by atoms with Crippen LogP contribution in [0.15, 0.2) is 0 Å². The standard InChI is InChI=1S/C17H52O8Si8/c1-18-27(4,5)20-29(8,9)22-31(12,13)24-33(16,17)25-32(14,15)23-30(10,11)21-28(6,7)19-26(2)3/h26H,1-17H3. The largest absolute Gasteiger partial charge is 0.440 e. The average Bonchev–Trinajstić information content (AvgIpc) is 2.36. The molecule has 8 nitrogen and oxygen atoms in total. The zero-order valence-electron chi connectivity index (χ0n) is 24.3. The van der Waals surface area contributed by atoms with Gasteiger partial charge in [-0.2, -0.15) is 0 Å². The maximum Gasteiger partial charge on any atom is 0.322 e. The molecule has 0 N–H and O–H groups in total. The summed E-state index contributed by atoms with van der Waals surface area (Å²) in [4.78, 5) is 0. The summed E-state index contributed by atoms with van der Waals surface area (Å²) in [6.45, 7) is 33.2. The molecule has 0 unspecified atom stereocenters. The van der Waals surface area contributed by atoms with Gasteiger partial charge in [0.1, 0.15) is 0 Å². The van der Waals surface area contributed by atoms with E-state index < -0.39 is 69.0 Å². The van der Waals surface area contributed by atoms with Crippen molar-refractivity contribution in [2.75, 3.05) is 7.11 Å². The lowest BCUT2D eigenvalue weighted by molar-refractivity contribution is 0.250. The van der Waals surface area contributed by atoms with Crippen LogP contribution in [0.1, 0.15) is 0 Å². The van der Waals surface area contributed by atoms with E-state index in [0.29, 0.717) is 0 Å². The molecule has 0 aliphatic carbocycles. The molecule has 0 heterocycles. The van der Waals surface area contributed by atoms with E-state index in [1.165, 1.54) is 0 Å². The molecule has 0 spiro atoms. The Morgan fingerprint density at radius 1 is 0.364 bits per heavy atom. The van der Waals surface area contributed by atoms with Crippen molar-refractivity contribution in [3.63, 3.8) is 0 Å². The SMILES string of the molecule is CO[Si](C)(C)O[Si](C)(C)O[Si](C)(C)O[Si](C)(C)O[Si](C)(C)O[Si](C)(C)O[Si](C)(C)O[SiH](C)C. The van der Waals surface area contributed by atoms with Gasteiger partial charge in [0, 0.05) is 7.11 Å². The van der Waals surface area contributed by atoms with E-state index in [1.54, 1.807) is 7.11 Å². The van der Waals surface area contributed by atoms with Crippen LogP contribution in [0.25, 0.3) is 0 Å². The maximum atomic E-state index is 6.61. The zero-order valence-corrected chi connectivity index (χ0v) is 32.5. The van der Waals surface area contributed by atoms with Gasteiger partial charge in [-0.3, -0.25) is 0 Å².